The van der Waals surface area contributed by atoms with Crippen LogP contribution in [-0.2, 0) is 32.1 Å². The van der Waals surface area contributed by atoms with Crippen LogP contribution in [0.3, 0.4) is 0 Å². The molecule has 0 aliphatic heterocycles. The maximum atomic E-state index is 10.6. The first kappa shape index (κ1) is 13.5. The molecule has 0 fully saturated rings. The summed E-state index contributed by atoms with van der Waals surface area (Å²) < 4.78 is 0. The minimum absolute atomic E-state index is 0.333. The third-order valence-electron chi connectivity index (χ3n) is 4.94. The number of fused-ring (bicyclic) bond motifs is 2. The highest BCUT2D eigenvalue weighted by Crippen LogP contribution is 2.34. The van der Waals surface area contributed by atoms with Crippen molar-refractivity contribution in [1.29, 1.82) is 0 Å². The van der Waals surface area contributed by atoms with E-state index in [4.69, 9.17) is 0 Å². The van der Waals surface area contributed by atoms with E-state index >= 15 is 0 Å². The van der Waals surface area contributed by atoms with Crippen molar-refractivity contribution in [2.45, 2.75) is 57.5 Å². The zero-order chi connectivity index (χ0) is 14.2. The van der Waals surface area contributed by atoms with Gasteiger partial charge in [0, 0.05) is 16.2 Å². The van der Waals surface area contributed by atoms with Gasteiger partial charge in [0.1, 0.15) is 0 Å². The topological polar surface area (TPSA) is 20.2 Å². The Morgan fingerprint density at radius 3 is 2.62 bits per heavy atom. The number of aliphatic hydroxyl groups excluding tert-OH is 1. The van der Waals surface area contributed by atoms with Gasteiger partial charge < -0.3 is 5.11 Å². The molecule has 2 aliphatic rings. The molecule has 4 rings (SSSR count). The van der Waals surface area contributed by atoms with Crippen LogP contribution in [0.15, 0.2) is 24.3 Å². The Kier molecular flexibility index (Phi) is 3.60. The molecule has 1 heterocycles. The van der Waals surface area contributed by atoms with Gasteiger partial charge in [-0.3, -0.25) is 0 Å². The highest BCUT2D eigenvalue weighted by atomic mass is 32.1. The molecule has 1 aromatic heterocycles. The van der Waals surface area contributed by atoms with E-state index in [1.54, 1.807) is 0 Å². The van der Waals surface area contributed by atoms with Crippen molar-refractivity contribution in [3.05, 3.63) is 56.3 Å². The second kappa shape index (κ2) is 5.58. The summed E-state index contributed by atoms with van der Waals surface area (Å²) in [6.07, 6.45) is 9.20. The monoisotopic (exact) mass is 298 g/mol. The maximum absolute atomic E-state index is 10.6. The van der Waals surface area contributed by atoms with E-state index in [9.17, 15) is 5.11 Å². The van der Waals surface area contributed by atoms with Gasteiger partial charge in [0.2, 0.25) is 0 Å². The Bertz CT molecular complexity index is 632. The molecule has 1 unspecified atom stereocenters. The van der Waals surface area contributed by atoms with E-state index in [-0.39, 0.29) is 6.10 Å². The van der Waals surface area contributed by atoms with E-state index in [1.165, 1.54) is 77.0 Å². The van der Waals surface area contributed by atoms with E-state index in [0.29, 0.717) is 0 Å². The predicted molar refractivity (Wildman–Crippen MR) is 88.1 cm³/mol. The summed E-state index contributed by atoms with van der Waals surface area (Å²) in [5, 5.41) is 10.6. The zero-order valence-corrected chi connectivity index (χ0v) is 13.2. The molecule has 0 saturated carbocycles. The highest BCUT2D eigenvalue weighted by Gasteiger charge is 2.19. The normalized spacial score (nSPS) is 18.3. The lowest BCUT2D eigenvalue weighted by atomic mass is 9.98. The van der Waals surface area contributed by atoms with Gasteiger partial charge in [0.25, 0.3) is 0 Å². The number of aliphatic hydroxyl groups is 1. The number of benzene rings is 1. The first-order valence-electron chi connectivity index (χ1n) is 8.20. The van der Waals surface area contributed by atoms with Crippen LogP contribution in [0, 0.1) is 0 Å². The van der Waals surface area contributed by atoms with Crippen LogP contribution in [-0.4, -0.2) is 5.11 Å². The minimum atomic E-state index is -0.333. The molecule has 21 heavy (non-hydrogen) atoms. The van der Waals surface area contributed by atoms with Gasteiger partial charge in [-0.05, 0) is 73.3 Å². The fourth-order valence-corrected chi connectivity index (χ4v) is 5.00. The lowest BCUT2D eigenvalue weighted by molar-refractivity contribution is 0.182. The molecular formula is C19H22OS. The van der Waals surface area contributed by atoms with E-state index in [1.807, 2.05) is 11.3 Å². The second-order valence-corrected chi connectivity index (χ2v) is 7.65. The molecule has 1 aromatic carbocycles. The molecule has 2 aromatic rings. The number of hydrogen-bond acceptors (Lipinski definition) is 2. The number of aryl methyl sites for hydroxylation is 4. The average molecular weight is 298 g/mol. The van der Waals surface area contributed by atoms with E-state index in [2.05, 4.69) is 24.3 Å². The first-order chi connectivity index (χ1) is 10.3. The van der Waals surface area contributed by atoms with Crippen molar-refractivity contribution in [2.75, 3.05) is 0 Å². The molecule has 1 atom stereocenters. The van der Waals surface area contributed by atoms with Crippen molar-refractivity contribution in [2.24, 2.45) is 0 Å². The summed E-state index contributed by atoms with van der Waals surface area (Å²) in [6.45, 7) is 0. The summed E-state index contributed by atoms with van der Waals surface area (Å²) >= 11 is 1.84. The van der Waals surface area contributed by atoms with Crippen LogP contribution < -0.4 is 0 Å². The molecule has 2 heteroatoms. The van der Waals surface area contributed by atoms with Gasteiger partial charge in [-0.25, -0.2) is 0 Å². The van der Waals surface area contributed by atoms with Crippen LogP contribution >= 0.6 is 11.3 Å². The third kappa shape index (κ3) is 2.67. The minimum Gasteiger partial charge on any atom is -0.387 e. The molecule has 0 bridgehead atoms. The van der Waals surface area contributed by atoms with Crippen LogP contribution in [0.4, 0.5) is 0 Å². The van der Waals surface area contributed by atoms with Crippen molar-refractivity contribution in [3.8, 4) is 0 Å². The SMILES string of the molecule is OC(Cc1ccc2c(c1)CCC2)c1cc2c(s1)CCCC2. The van der Waals surface area contributed by atoms with Gasteiger partial charge in [0.05, 0.1) is 6.10 Å². The average Bonchev–Trinajstić information content (AvgIpc) is 3.13. The van der Waals surface area contributed by atoms with Gasteiger partial charge in [-0.2, -0.15) is 0 Å². The summed E-state index contributed by atoms with van der Waals surface area (Å²) in [6, 6.07) is 9.06. The fourth-order valence-electron chi connectivity index (χ4n) is 3.75. The van der Waals surface area contributed by atoms with Gasteiger partial charge in [0.15, 0.2) is 0 Å². The molecule has 0 saturated heterocycles. The van der Waals surface area contributed by atoms with Crippen LogP contribution in [0.5, 0.6) is 0 Å². The largest absolute Gasteiger partial charge is 0.387 e. The Balaban J connectivity index is 1.52. The Hall–Kier alpha value is -1.12. The summed E-state index contributed by atoms with van der Waals surface area (Å²) in [7, 11) is 0. The molecule has 2 aliphatic carbocycles. The van der Waals surface area contributed by atoms with Crippen LogP contribution in [0.25, 0.3) is 0 Å². The lowest BCUT2D eigenvalue weighted by Gasteiger charge is -2.10. The van der Waals surface area contributed by atoms with E-state index in [0.717, 1.165) is 6.42 Å². The van der Waals surface area contributed by atoms with Gasteiger partial charge >= 0.3 is 0 Å². The molecule has 1 N–H and O–H groups in total. The quantitative estimate of drug-likeness (QED) is 0.891. The zero-order valence-electron chi connectivity index (χ0n) is 12.4. The number of hydrogen-bond donors (Lipinski definition) is 1. The standard InChI is InChI=1S/C19H22OS/c20-17(19-12-16-4-1-2-7-18(16)21-19)11-13-8-9-14-5-3-6-15(14)10-13/h8-10,12,17,20H,1-7,11H2. The van der Waals surface area contributed by atoms with Crippen molar-refractivity contribution in [1.82, 2.24) is 0 Å². The Labute approximate surface area is 130 Å². The van der Waals surface area contributed by atoms with Crippen molar-refractivity contribution < 1.29 is 5.11 Å². The molecule has 110 valence electrons. The second-order valence-electron chi connectivity index (χ2n) is 6.48. The highest BCUT2D eigenvalue weighted by molar-refractivity contribution is 7.12. The van der Waals surface area contributed by atoms with Crippen molar-refractivity contribution >= 4 is 11.3 Å². The Morgan fingerprint density at radius 1 is 0.905 bits per heavy atom. The van der Waals surface area contributed by atoms with Crippen LogP contribution in [0.1, 0.15) is 57.4 Å². The third-order valence-corrected chi connectivity index (χ3v) is 6.27. The number of rotatable bonds is 3. The van der Waals surface area contributed by atoms with Crippen molar-refractivity contribution in [3.63, 3.8) is 0 Å². The Morgan fingerprint density at radius 2 is 1.71 bits per heavy atom. The van der Waals surface area contributed by atoms with E-state index < -0.39 is 0 Å². The number of thiophene rings is 1. The molecule has 0 spiro atoms. The van der Waals surface area contributed by atoms with Crippen LogP contribution in [0.2, 0.25) is 0 Å². The molecule has 0 amide bonds. The predicted octanol–water partition coefficient (Wildman–Crippen LogP) is 4.39. The molecular weight excluding hydrogens is 276 g/mol. The first-order valence-corrected chi connectivity index (χ1v) is 9.01. The van der Waals surface area contributed by atoms with Gasteiger partial charge in [-0.1, -0.05) is 18.2 Å². The maximum Gasteiger partial charge on any atom is 0.0922 e. The smallest absolute Gasteiger partial charge is 0.0922 e. The fraction of sp³-hybridized carbons (Fsp3) is 0.474. The summed E-state index contributed by atoms with van der Waals surface area (Å²) in [4.78, 5) is 2.69. The molecule has 1 nitrogen and oxygen atoms in total. The lowest BCUT2D eigenvalue weighted by Crippen LogP contribution is -2.00. The summed E-state index contributed by atoms with van der Waals surface area (Å²) in [5.74, 6) is 0. The molecule has 0 radical (unpaired) electrons. The summed E-state index contributed by atoms with van der Waals surface area (Å²) in [5.41, 5.74) is 5.80. The van der Waals surface area contributed by atoms with Gasteiger partial charge in [-0.15, -0.1) is 11.3 Å².